The Hall–Kier alpha value is -0.140. The van der Waals surface area contributed by atoms with E-state index in [-0.39, 0.29) is 0 Å². The van der Waals surface area contributed by atoms with Gasteiger partial charge in [0.25, 0.3) is 0 Å². The Bertz CT molecular complexity index is 230. The normalized spacial score (nSPS) is 12.9. The number of hydrogen-bond donors (Lipinski definition) is 1. The second-order valence-electron chi connectivity index (χ2n) is 2.71. The highest BCUT2D eigenvalue weighted by molar-refractivity contribution is 7.80. The lowest BCUT2D eigenvalue weighted by Gasteiger charge is -2.08. The Morgan fingerprint density at radius 2 is 1.92 bits per heavy atom. The van der Waals surface area contributed by atoms with Crippen molar-refractivity contribution in [3.05, 3.63) is 41.8 Å². The molecule has 0 bridgehead atoms. The van der Waals surface area contributed by atoms with Crippen LogP contribution in [0.25, 0.3) is 0 Å². The summed E-state index contributed by atoms with van der Waals surface area (Å²) >= 11 is 10.2. The number of halogens is 1. The monoisotopic (exact) mass is 199 g/mol. The van der Waals surface area contributed by atoms with Crippen LogP contribution in [-0.2, 0) is 0 Å². The molecule has 0 amide bonds. The molecule has 0 nitrogen and oxygen atoms in total. The van der Waals surface area contributed by atoms with E-state index in [1.165, 1.54) is 5.56 Å². The molecule has 0 fully saturated rings. The van der Waals surface area contributed by atoms with E-state index in [2.05, 4.69) is 19.6 Å². The highest BCUT2D eigenvalue weighted by Gasteiger charge is 2.03. The Balaban J connectivity index is 2.68. The molecule has 1 rings (SSSR count). The van der Waals surface area contributed by atoms with Crippen molar-refractivity contribution in [2.75, 3.05) is 0 Å². The van der Waals surface area contributed by atoms with Crippen LogP contribution in [0.15, 0.2) is 24.3 Å². The van der Waals surface area contributed by atoms with Gasteiger partial charge in [-0.05, 0) is 24.1 Å². The lowest BCUT2D eigenvalue weighted by atomic mass is 10.1. The number of benzene rings is 1. The van der Waals surface area contributed by atoms with Crippen LogP contribution < -0.4 is 0 Å². The van der Waals surface area contributed by atoms with Gasteiger partial charge in [-0.3, -0.25) is 0 Å². The molecule has 2 heteroatoms. The van der Waals surface area contributed by atoms with Crippen LogP contribution in [0, 0.1) is 6.92 Å². The molecule has 0 aliphatic heterocycles. The third kappa shape index (κ3) is 2.72. The van der Waals surface area contributed by atoms with Gasteiger partial charge in [0.15, 0.2) is 0 Å². The molecule has 1 aromatic carbocycles. The Morgan fingerprint density at radius 1 is 1.33 bits per heavy atom. The van der Waals surface area contributed by atoms with Crippen LogP contribution in [0.5, 0.6) is 0 Å². The predicted octanol–water partition coefficient (Wildman–Crippen LogP) is 3.93. The number of hydrogen-bond acceptors (Lipinski definition) is 1. The summed E-state index contributed by atoms with van der Waals surface area (Å²) in [6.45, 7) is 3.79. The lowest BCUT2D eigenvalue weighted by Crippen LogP contribution is -1.88. The average Bonchev–Trinajstić information content (AvgIpc) is 2.06. The molecule has 1 aromatic rings. The SMILES string of the molecule is [CH2]CCC(S)c1ccc(Cl)cc1. The first-order valence-electron chi connectivity index (χ1n) is 3.97. The Morgan fingerprint density at radius 3 is 2.42 bits per heavy atom. The van der Waals surface area contributed by atoms with Crippen molar-refractivity contribution < 1.29 is 0 Å². The molecule has 1 radical (unpaired) electrons. The summed E-state index contributed by atoms with van der Waals surface area (Å²) in [5.41, 5.74) is 1.21. The summed E-state index contributed by atoms with van der Waals surface area (Å²) in [4.78, 5) is 0. The van der Waals surface area contributed by atoms with Crippen LogP contribution >= 0.6 is 24.2 Å². The fraction of sp³-hybridized carbons (Fsp3) is 0.300. The third-order valence-electron chi connectivity index (χ3n) is 1.73. The van der Waals surface area contributed by atoms with Gasteiger partial charge in [-0.25, -0.2) is 0 Å². The van der Waals surface area contributed by atoms with Crippen LogP contribution in [0.1, 0.15) is 23.7 Å². The van der Waals surface area contributed by atoms with Crippen molar-refractivity contribution in [2.45, 2.75) is 18.1 Å². The van der Waals surface area contributed by atoms with Gasteiger partial charge < -0.3 is 0 Å². The van der Waals surface area contributed by atoms with Crippen molar-refractivity contribution >= 4 is 24.2 Å². The maximum absolute atomic E-state index is 5.76. The summed E-state index contributed by atoms with van der Waals surface area (Å²) in [7, 11) is 0. The fourth-order valence-electron chi connectivity index (χ4n) is 1.04. The van der Waals surface area contributed by atoms with Crippen LogP contribution in [0.2, 0.25) is 5.02 Å². The van der Waals surface area contributed by atoms with Crippen molar-refractivity contribution in [2.24, 2.45) is 0 Å². The Labute approximate surface area is 84.3 Å². The topological polar surface area (TPSA) is 0 Å². The summed E-state index contributed by atoms with van der Waals surface area (Å²) in [6, 6.07) is 7.80. The maximum Gasteiger partial charge on any atom is 0.0406 e. The van der Waals surface area contributed by atoms with E-state index in [4.69, 9.17) is 11.6 Å². The zero-order valence-corrected chi connectivity index (χ0v) is 8.48. The van der Waals surface area contributed by atoms with E-state index in [0.717, 1.165) is 17.9 Å². The Kier molecular flexibility index (Phi) is 3.96. The zero-order valence-electron chi connectivity index (χ0n) is 6.83. The minimum atomic E-state index is 0.291. The number of thiol groups is 1. The van der Waals surface area contributed by atoms with E-state index in [9.17, 15) is 0 Å². The summed E-state index contributed by atoms with van der Waals surface area (Å²) < 4.78 is 0. The molecule has 0 aromatic heterocycles. The van der Waals surface area contributed by atoms with Crippen LogP contribution in [0.4, 0.5) is 0 Å². The van der Waals surface area contributed by atoms with Gasteiger partial charge in [-0.15, -0.1) is 0 Å². The first kappa shape index (κ1) is 9.94. The summed E-state index contributed by atoms with van der Waals surface area (Å²) in [5.74, 6) is 0. The standard InChI is InChI=1S/C10H12ClS/c1-2-3-10(12)8-4-6-9(11)7-5-8/h4-7,10,12H,1-3H2. The number of rotatable bonds is 3. The molecular formula is C10H12ClS. The van der Waals surface area contributed by atoms with Gasteiger partial charge in [0.2, 0.25) is 0 Å². The molecule has 0 aliphatic rings. The molecule has 1 unspecified atom stereocenters. The van der Waals surface area contributed by atoms with E-state index < -0.39 is 0 Å². The van der Waals surface area contributed by atoms with Crippen LogP contribution in [-0.4, -0.2) is 0 Å². The van der Waals surface area contributed by atoms with E-state index in [1.54, 1.807) is 0 Å². The molecule has 1 atom stereocenters. The highest BCUT2D eigenvalue weighted by atomic mass is 35.5. The van der Waals surface area contributed by atoms with Crippen molar-refractivity contribution in [1.29, 1.82) is 0 Å². The third-order valence-corrected chi connectivity index (χ3v) is 2.54. The smallest absolute Gasteiger partial charge is 0.0406 e. The van der Waals surface area contributed by atoms with Crippen molar-refractivity contribution in [1.82, 2.24) is 0 Å². The first-order valence-corrected chi connectivity index (χ1v) is 4.86. The summed E-state index contributed by atoms with van der Waals surface area (Å²) in [6.07, 6.45) is 1.92. The van der Waals surface area contributed by atoms with Gasteiger partial charge in [0, 0.05) is 10.3 Å². The maximum atomic E-state index is 5.76. The van der Waals surface area contributed by atoms with Crippen molar-refractivity contribution in [3.8, 4) is 0 Å². The molecule has 12 heavy (non-hydrogen) atoms. The second-order valence-corrected chi connectivity index (χ2v) is 3.77. The van der Waals surface area contributed by atoms with Gasteiger partial charge in [0.05, 0.1) is 0 Å². The second kappa shape index (κ2) is 4.78. The average molecular weight is 200 g/mol. The molecule has 0 spiro atoms. The van der Waals surface area contributed by atoms with Gasteiger partial charge >= 0.3 is 0 Å². The quantitative estimate of drug-likeness (QED) is 0.701. The zero-order chi connectivity index (χ0) is 8.97. The van der Waals surface area contributed by atoms with Crippen molar-refractivity contribution in [3.63, 3.8) is 0 Å². The molecule has 0 saturated carbocycles. The largest absolute Gasteiger partial charge is 0.171 e. The minimum absolute atomic E-state index is 0.291. The molecule has 0 saturated heterocycles. The molecule has 0 heterocycles. The lowest BCUT2D eigenvalue weighted by molar-refractivity contribution is 0.826. The predicted molar refractivity (Wildman–Crippen MR) is 57.8 cm³/mol. The van der Waals surface area contributed by atoms with E-state index in [1.807, 2.05) is 24.3 Å². The van der Waals surface area contributed by atoms with Gasteiger partial charge in [-0.1, -0.05) is 37.1 Å². The molecule has 0 N–H and O–H groups in total. The van der Waals surface area contributed by atoms with Crippen LogP contribution in [0.3, 0.4) is 0 Å². The molecule has 65 valence electrons. The first-order chi connectivity index (χ1) is 5.74. The summed E-state index contributed by atoms with van der Waals surface area (Å²) in [5, 5.41) is 1.06. The minimum Gasteiger partial charge on any atom is -0.171 e. The highest BCUT2D eigenvalue weighted by Crippen LogP contribution is 2.25. The fourth-order valence-corrected chi connectivity index (χ4v) is 1.53. The molecule has 0 aliphatic carbocycles. The van der Waals surface area contributed by atoms with E-state index in [0.29, 0.717) is 5.25 Å². The van der Waals surface area contributed by atoms with Gasteiger partial charge in [0.1, 0.15) is 0 Å². The van der Waals surface area contributed by atoms with Gasteiger partial charge in [-0.2, -0.15) is 12.6 Å². The molecular weight excluding hydrogens is 188 g/mol. The van der Waals surface area contributed by atoms with E-state index >= 15 is 0 Å².